The van der Waals surface area contributed by atoms with E-state index in [1.54, 1.807) is 11.6 Å². The van der Waals surface area contributed by atoms with E-state index in [9.17, 15) is 9.59 Å². The summed E-state index contributed by atoms with van der Waals surface area (Å²) in [5.74, 6) is 0.875. The van der Waals surface area contributed by atoms with E-state index >= 15 is 0 Å². The molecule has 0 fully saturated rings. The molecular formula is C20H12N4O3S2. The predicted octanol–water partition coefficient (Wildman–Crippen LogP) is 4.41. The van der Waals surface area contributed by atoms with Crippen LogP contribution in [-0.4, -0.2) is 20.3 Å². The standard InChI is InChI=1S/C20H12N4O3S2/c25-17(14-11-21-20-24(18(14)26)8-9-28-20)23-19-22-15-7-6-13(10-16(15)29-19)27-12-4-2-1-3-5-12/h1-11H,(H,22,23,25). The Kier molecular flexibility index (Phi) is 4.30. The first kappa shape index (κ1) is 17.5. The van der Waals surface area contributed by atoms with Crippen LogP contribution in [0.15, 0.2) is 71.1 Å². The number of nitrogens with zero attached hydrogens (tertiary/aromatic N) is 3. The second-order valence-corrected chi connectivity index (χ2v) is 7.95. The van der Waals surface area contributed by atoms with Gasteiger partial charge < -0.3 is 4.74 Å². The molecule has 0 aliphatic carbocycles. The molecule has 1 amide bonds. The van der Waals surface area contributed by atoms with Crippen molar-refractivity contribution in [2.24, 2.45) is 0 Å². The van der Waals surface area contributed by atoms with Crippen molar-refractivity contribution in [2.45, 2.75) is 0 Å². The summed E-state index contributed by atoms with van der Waals surface area (Å²) in [5.41, 5.74) is 0.288. The van der Waals surface area contributed by atoms with Crippen LogP contribution in [-0.2, 0) is 0 Å². The third-order valence-corrected chi connectivity index (χ3v) is 5.85. The van der Waals surface area contributed by atoms with Crippen molar-refractivity contribution >= 4 is 48.9 Å². The molecule has 5 rings (SSSR count). The number of ether oxygens (including phenoxy) is 1. The fraction of sp³-hybridized carbons (Fsp3) is 0. The van der Waals surface area contributed by atoms with Gasteiger partial charge >= 0.3 is 0 Å². The Morgan fingerprint density at radius 3 is 2.83 bits per heavy atom. The molecule has 0 saturated heterocycles. The van der Waals surface area contributed by atoms with Gasteiger partial charge in [0, 0.05) is 23.8 Å². The first-order valence-corrected chi connectivity index (χ1v) is 10.3. The summed E-state index contributed by atoms with van der Waals surface area (Å²) in [6.07, 6.45) is 2.89. The zero-order valence-corrected chi connectivity index (χ0v) is 16.4. The number of para-hydroxylation sites is 1. The van der Waals surface area contributed by atoms with Gasteiger partial charge in [0.25, 0.3) is 11.5 Å². The smallest absolute Gasteiger partial charge is 0.271 e. The minimum atomic E-state index is -0.539. The molecule has 0 atom stereocenters. The Labute approximate surface area is 171 Å². The van der Waals surface area contributed by atoms with Crippen LogP contribution in [0.3, 0.4) is 0 Å². The maximum absolute atomic E-state index is 12.6. The first-order valence-electron chi connectivity index (χ1n) is 8.57. The molecule has 9 heteroatoms. The van der Waals surface area contributed by atoms with Crippen molar-refractivity contribution in [1.82, 2.24) is 14.4 Å². The van der Waals surface area contributed by atoms with Gasteiger partial charge in [-0.2, -0.15) is 0 Å². The highest BCUT2D eigenvalue weighted by Gasteiger charge is 2.16. The van der Waals surface area contributed by atoms with Crippen molar-refractivity contribution in [3.8, 4) is 11.5 Å². The van der Waals surface area contributed by atoms with Gasteiger partial charge in [-0.3, -0.25) is 19.3 Å². The molecule has 0 saturated carbocycles. The Balaban J connectivity index is 1.40. The van der Waals surface area contributed by atoms with E-state index in [0.717, 1.165) is 16.0 Å². The molecule has 0 spiro atoms. The van der Waals surface area contributed by atoms with Gasteiger partial charge in [-0.25, -0.2) is 9.97 Å². The van der Waals surface area contributed by atoms with Gasteiger partial charge in [0.2, 0.25) is 0 Å². The second kappa shape index (κ2) is 7.12. The van der Waals surface area contributed by atoms with Crippen molar-refractivity contribution in [3.63, 3.8) is 0 Å². The maximum Gasteiger partial charge on any atom is 0.271 e. The molecule has 142 valence electrons. The van der Waals surface area contributed by atoms with Crippen molar-refractivity contribution in [3.05, 3.63) is 82.2 Å². The van der Waals surface area contributed by atoms with Crippen LogP contribution >= 0.6 is 22.7 Å². The Hall–Kier alpha value is -3.56. The number of fused-ring (bicyclic) bond motifs is 2. The largest absolute Gasteiger partial charge is 0.457 e. The number of amides is 1. The lowest BCUT2D eigenvalue weighted by Crippen LogP contribution is -2.25. The number of hydrogen-bond acceptors (Lipinski definition) is 7. The highest BCUT2D eigenvalue weighted by Crippen LogP contribution is 2.31. The van der Waals surface area contributed by atoms with Gasteiger partial charge in [-0.05, 0) is 24.3 Å². The van der Waals surface area contributed by atoms with Crippen LogP contribution in [0.5, 0.6) is 11.5 Å². The zero-order valence-electron chi connectivity index (χ0n) is 14.7. The normalized spacial score (nSPS) is 11.0. The fourth-order valence-corrected chi connectivity index (χ4v) is 4.36. The predicted molar refractivity (Wildman–Crippen MR) is 113 cm³/mol. The van der Waals surface area contributed by atoms with Crippen LogP contribution in [0.2, 0.25) is 0 Å². The number of thiazole rings is 2. The number of anilines is 1. The first-order chi connectivity index (χ1) is 14.2. The number of carbonyl (C=O) groups excluding carboxylic acids is 1. The van der Waals surface area contributed by atoms with Gasteiger partial charge in [0.15, 0.2) is 10.1 Å². The molecule has 3 heterocycles. The van der Waals surface area contributed by atoms with E-state index in [-0.39, 0.29) is 5.56 Å². The monoisotopic (exact) mass is 420 g/mol. The van der Waals surface area contributed by atoms with Gasteiger partial charge in [-0.15, -0.1) is 11.3 Å². The van der Waals surface area contributed by atoms with E-state index in [1.807, 2.05) is 48.5 Å². The molecule has 29 heavy (non-hydrogen) atoms. The number of carbonyl (C=O) groups is 1. The van der Waals surface area contributed by atoms with Gasteiger partial charge in [0.1, 0.15) is 17.1 Å². The minimum absolute atomic E-state index is 0.0340. The van der Waals surface area contributed by atoms with Crippen molar-refractivity contribution in [2.75, 3.05) is 5.32 Å². The quantitative estimate of drug-likeness (QED) is 0.465. The third kappa shape index (κ3) is 3.37. The summed E-state index contributed by atoms with van der Waals surface area (Å²) in [6.45, 7) is 0. The van der Waals surface area contributed by atoms with Crippen molar-refractivity contribution < 1.29 is 9.53 Å². The van der Waals surface area contributed by atoms with Crippen molar-refractivity contribution in [1.29, 1.82) is 0 Å². The van der Waals surface area contributed by atoms with E-state index in [2.05, 4.69) is 15.3 Å². The van der Waals surface area contributed by atoms with Crippen LogP contribution in [0.1, 0.15) is 10.4 Å². The second-order valence-electron chi connectivity index (χ2n) is 6.05. The molecule has 0 aliphatic rings. The molecule has 0 radical (unpaired) electrons. The lowest BCUT2D eigenvalue weighted by molar-refractivity contribution is 0.102. The topological polar surface area (TPSA) is 85.6 Å². The van der Waals surface area contributed by atoms with E-state index in [4.69, 9.17) is 4.74 Å². The third-order valence-electron chi connectivity index (χ3n) is 4.15. The summed E-state index contributed by atoms with van der Waals surface area (Å²) in [7, 11) is 0. The summed E-state index contributed by atoms with van der Waals surface area (Å²) < 4.78 is 8.05. The van der Waals surface area contributed by atoms with E-state index < -0.39 is 11.5 Å². The average molecular weight is 420 g/mol. The van der Waals surface area contributed by atoms with Crippen LogP contribution in [0, 0.1) is 0 Å². The fourth-order valence-electron chi connectivity index (χ4n) is 2.79. The molecular weight excluding hydrogens is 408 g/mol. The van der Waals surface area contributed by atoms with Crippen LogP contribution in [0.25, 0.3) is 15.2 Å². The molecule has 5 aromatic rings. The molecule has 1 N–H and O–H groups in total. The maximum atomic E-state index is 12.6. The molecule has 3 aromatic heterocycles. The van der Waals surface area contributed by atoms with Gasteiger partial charge in [0.05, 0.1) is 10.2 Å². The Morgan fingerprint density at radius 2 is 1.97 bits per heavy atom. The van der Waals surface area contributed by atoms with E-state index in [0.29, 0.717) is 15.8 Å². The zero-order chi connectivity index (χ0) is 19.8. The molecule has 0 aliphatic heterocycles. The lowest BCUT2D eigenvalue weighted by Gasteiger charge is -2.04. The highest BCUT2D eigenvalue weighted by molar-refractivity contribution is 7.22. The average Bonchev–Trinajstić information content (AvgIpc) is 3.35. The molecule has 7 nitrogen and oxygen atoms in total. The number of rotatable bonds is 4. The SMILES string of the molecule is O=C(Nc1nc2ccc(Oc3ccccc3)cc2s1)c1cnc2sccn2c1=O. The number of nitrogens with one attached hydrogen (secondary N) is 1. The Bertz CT molecular complexity index is 1410. The summed E-state index contributed by atoms with van der Waals surface area (Å²) in [5, 5.41) is 4.84. The summed E-state index contributed by atoms with van der Waals surface area (Å²) >= 11 is 2.63. The lowest BCUT2D eigenvalue weighted by atomic mass is 10.3. The summed E-state index contributed by atoms with van der Waals surface area (Å²) in [6, 6.07) is 15.0. The highest BCUT2D eigenvalue weighted by atomic mass is 32.1. The van der Waals surface area contributed by atoms with E-state index in [1.165, 1.54) is 33.3 Å². The number of benzene rings is 2. The molecule has 0 unspecified atom stereocenters. The van der Waals surface area contributed by atoms with Crippen LogP contribution in [0.4, 0.5) is 5.13 Å². The van der Waals surface area contributed by atoms with Crippen LogP contribution < -0.4 is 15.6 Å². The summed E-state index contributed by atoms with van der Waals surface area (Å²) in [4.78, 5) is 34.1. The number of hydrogen-bond donors (Lipinski definition) is 1. The molecule has 0 bridgehead atoms. The number of aromatic nitrogens is 3. The van der Waals surface area contributed by atoms with Gasteiger partial charge in [-0.1, -0.05) is 29.5 Å². The minimum Gasteiger partial charge on any atom is -0.457 e. The Morgan fingerprint density at radius 1 is 1.10 bits per heavy atom. The molecule has 2 aromatic carbocycles.